The molecule has 0 aliphatic heterocycles. The zero-order valence-electron chi connectivity index (χ0n) is 8.65. The van der Waals surface area contributed by atoms with E-state index in [-0.39, 0.29) is 5.76 Å². The van der Waals surface area contributed by atoms with E-state index in [1.165, 1.54) is 0 Å². The highest BCUT2D eigenvalue weighted by atomic mass is 35.5. The lowest BCUT2D eigenvalue weighted by atomic mass is 10.0. The van der Waals surface area contributed by atoms with Crippen LogP contribution in [0.1, 0.15) is 5.56 Å². The Kier molecular flexibility index (Phi) is 2.97. The summed E-state index contributed by atoms with van der Waals surface area (Å²) < 4.78 is 0. The van der Waals surface area contributed by atoms with E-state index in [1.54, 1.807) is 0 Å². The van der Waals surface area contributed by atoms with Crippen molar-refractivity contribution in [2.75, 3.05) is 0 Å². The van der Waals surface area contributed by atoms with Crippen molar-refractivity contribution in [3.63, 3.8) is 0 Å². The van der Waals surface area contributed by atoms with Gasteiger partial charge in [-0.1, -0.05) is 54.6 Å². The normalized spacial score (nSPS) is 10.1. The fraction of sp³-hybridized carbons (Fsp3) is 0. The highest BCUT2D eigenvalue weighted by Crippen LogP contribution is 2.22. The van der Waals surface area contributed by atoms with Crippen LogP contribution in [0.15, 0.2) is 55.1 Å². The van der Waals surface area contributed by atoms with Crippen molar-refractivity contribution in [3.8, 4) is 11.1 Å². The van der Waals surface area contributed by atoms with Crippen molar-refractivity contribution < 1.29 is 5.11 Å². The molecule has 16 heavy (non-hydrogen) atoms. The molecule has 0 aromatic heterocycles. The van der Waals surface area contributed by atoms with Crippen molar-refractivity contribution in [1.82, 2.24) is 0 Å². The maximum Gasteiger partial charge on any atom is 0.115 e. The van der Waals surface area contributed by atoms with Gasteiger partial charge in [-0.25, -0.2) is 0 Å². The van der Waals surface area contributed by atoms with Gasteiger partial charge in [0.25, 0.3) is 0 Å². The average Bonchev–Trinajstić information content (AvgIpc) is 2.30. The topological polar surface area (TPSA) is 20.2 Å². The van der Waals surface area contributed by atoms with Gasteiger partial charge in [-0.05, 0) is 23.3 Å². The number of aliphatic hydroxyl groups excluding tert-OH is 1. The summed E-state index contributed by atoms with van der Waals surface area (Å²) in [5.74, 6) is 0.0858. The predicted molar refractivity (Wildman–Crippen MR) is 68.6 cm³/mol. The number of rotatable bonds is 2. The fourth-order valence-electron chi connectivity index (χ4n) is 1.50. The maximum atomic E-state index is 9.21. The fourth-order valence-corrected chi connectivity index (χ4v) is 1.62. The Morgan fingerprint density at radius 3 is 1.75 bits per heavy atom. The van der Waals surface area contributed by atoms with Crippen LogP contribution in [0, 0.1) is 0 Å². The second kappa shape index (κ2) is 4.42. The van der Waals surface area contributed by atoms with Gasteiger partial charge in [0.05, 0.1) is 0 Å². The third-order valence-electron chi connectivity index (χ3n) is 2.40. The predicted octanol–water partition coefficient (Wildman–Crippen LogP) is 4.54. The molecule has 0 bridgehead atoms. The van der Waals surface area contributed by atoms with E-state index in [0.717, 1.165) is 21.7 Å². The van der Waals surface area contributed by atoms with Crippen LogP contribution < -0.4 is 0 Å². The van der Waals surface area contributed by atoms with E-state index in [1.807, 2.05) is 48.5 Å². The largest absolute Gasteiger partial charge is 0.508 e. The van der Waals surface area contributed by atoms with Gasteiger partial charge in [0.2, 0.25) is 0 Å². The first kappa shape index (κ1) is 10.8. The van der Waals surface area contributed by atoms with E-state index < -0.39 is 0 Å². The molecule has 2 heteroatoms. The molecule has 0 aliphatic carbocycles. The summed E-state index contributed by atoms with van der Waals surface area (Å²) in [5.41, 5.74) is 2.92. The van der Waals surface area contributed by atoms with Gasteiger partial charge < -0.3 is 5.11 Å². The Morgan fingerprint density at radius 1 is 0.875 bits per heavy atom. The summed E-state index contributed by atoms with van der Waals surface area (Å²) in [6.45, 7) is 3.48. The molecule has 0 radical (unpaired) electrons. The average molecular weight is 231 g/mol. The van der Waals surface area contributed by atoms with E-state index in [0.29, 0.717) is 0 Å². The van der Waals surface area contributed by atoms with Crippen molar-refractivity contribution >= 4 is 17.4 Å². The van der Waals surface area contributed by atoms with Crippen molar-refractivity contribution in [2.45, 2.75) is 0 Å². The van der Waals surface area contributed by atoms with Crippen LogP contribution in [0.5, 0.6) is 0 Å². The van der Waals surface area contributed by atoms with Gasteiger partial charge >= 0.3 is 0 Å². The minimum Gasteiger partial charge on any atom is -0.508 e. The molecule has 2 rings (SSSR count). The molecule has 80 valence electrons. The van der Waals surface area contributed by atoms with Crippen LogP contribution in [0.25, 0.3) is 16.9 Å². The number of aliphatic hydroxyl groups is 1. The zero-order chi connectivity index (χ0) is 11.5. The first-order valence-electron chi connectivity index (χ1n) is 4.91. The molecule has 0 unspecified atom stereocenters. The molecular weight excluding hydrogens is 220 g/mol. The Morgan fingerprint density at radius 2 is 1.31 bits per heavy atom. The Balaban J connectivity index is 2.34. The summed E-state index contributed by atoms with van der Waals surface area (Å²) in [4.78, 5) is 0. The van der Waals surface area contributed by atoms with Crippen LogP contribution >= 0.6 is 11.6 Å². The molecule has 0 heterocycles. The first-order valence-corrected chi connectivity index (χ1v) is 5.29. The summed E-state index contributed by atoms with van der Waals surface area (Å²) in [5, 5.41) is 9.94. The number of benzene rings is 2. The van der Waals surface area contributed by atoms with Crippen LogP contribution in [-0.4, -0.2) is 5.11 Å². The zero-order valence-corrected chi connectivity index (χ0v) is 9.41. The van der Waals surface area contributed by atoms with Gasteiger partial charge in [0, 0.05) is 10.6 Å². The van der Waals surface area contributed by atoms with E-state index in [9.17, 15) is 5.11 Å². The van der Waals surface area contributed by atoms with E-state index >= 15 is 0 Å². The Labute approximate surface area is 99.6 Å². The number of halogens is 1. The molecule has 1 nitrogen and oxygen atoms in total. The molecule has 0 spiro atoms. The number of hydrogen-bond donors (Lipinski definition) is 1. The van der Waals surface area contributed by atoms with Crippen molar-refractivity contribution in [1.29, 1.82) is 0 Å². The lowest BCUT2D eigenvalue weighted by Gasteiger charge is -2.03. The van der Waals surface area contributed by atoms with E-state index in [4.69, 9.17) is 11.6 Å². The Bertz CT molecular complexity index is 497. The molecule has 0 atom stereocenters. The first-order chi connectivity index (χ1) is 7.66. The van der Waals surface area contributed by atoms with Crippen LogP contribution in [0.3, 0.4) is 0 Å². The SMILES string of the molecule is C=C(O)c1ccc(-c2ccc(Cl)cc2)cc1. The van der Waals surface area contributed by atoms with Crippen LogP contribution in [-0.2, 0) is 0 Å². The second-order valence-electron chi connectivity index (χ2n) is 3.53. The number of hydrogen-bond acceptors (Lipinski definition) is 1. The molecule has 2 aromatic rings. The lowest BCUT2D eigenvalue weighted by Crippen LogP contribution is -1.82. The van der Waals surface area contributed by atoms with Gasteiger partial charge in [0.15, 0.2) is 0 Å². The minimum absolute atomic E-state index is 0.0858. The molecule has 0 aliphatic rings. The third-order valence-corrected chi connectivity index (χ3v) is 2.65. The molecule has 0 saturated carbocycles. The van der Waals surface area contributed by atoms with Crippen molar-refractivity contribution in [2.24, 2.45) is 0 Å². The third kappa shape index (κ3) is 2.26. The summed E-state index contributed by atoms with van der Waals surface area (Å²) in [6.07, 6.45) is 0. The Hall–Kier alpha value is -1.73. The van der Waals surface area contributed by atoms with Crippen LogP contribution in [0.2, 0.25) is 5.02 Å². The quantitative estimate of drug-likeness (QED) is 0.752. The molecule has 2 aromatic carbocycles. The van der Waals surface area contributed by atoms with Gasteiger partial charge in [-0.2, -0.15) is 0 Å². The maximum absolute atomic E-state index is 9.21. The molecule has 0 fully saturated rings. The summed E-state index contributed by atoms with van der Waals surface area (Å²) in [7, 11) is 0. The molecule has 1 N–H and O–H groups in total. The summed E-state index contributed by atoms with van der Waals surface area (Å²) >= 11 is 5.82. The molecule has 0 amide bonds. The smallest absolute Gasteiger partial charge is 0.115 e. The lowest BCUT2D eigenvalue weighted by molar-refractivity contribution is 0.514. The summed E-state index contributed by atoms with van der Waals surface area (Å²) in [6, 6.07) is 15.2. The van der Waals surface area contributed by atoms with Gasteiger partial charge in [-0.3, -0.25) is 0 Å². The highest BCUT2D eigenvalue weighted by Gasteiger charge is 1.99. The van der Waals surface area contributed by atoms with Crippen molar-refractivity contribution in [3.05, 3.63) is 65.7 Å². The molecule has 0 saturated heterocycles. The van der Waals surface area contributed by atoms with Gasteiger partial charge in [-0.15, -0.1) is 0 Å². The van der Waals surface area contributed by atoms with Gasteiger partial charge in [0.1, 0.15) is 5.76 Å². The highest BCUT2D eigenvalue weighted by molar-refractivity contribution is 6.30. The second-order valence-corrected chi connectivity index (χ2v) is 3.97. The van der Waals surface area contributed by atoms with E-state index in [2.05, 4.69) is 6.58 Å². The molecular formula is C14H11ClO. The minimum atomic E-state index is 0.0858. The van der Waals surface area contributed by atoms with Crippen LogP contribution in [0.4, 0.5) is 0 Å². The standard InChI is InChI=1S/C14H11ClO/c1-10(16)11-2-4-12(5-3-11)13-6-8-14(15)9-7-13/h2-9,16H,1H2. The monoisotopic (exact) mass is 230 g/mol.